The molecule has 0 radical (unpaired) electrons. The summed E-state index contributed by atoms with van der Waals surface area (Å²) in [4.78, 5) is 11.0. The maximum atomic E-state index is 11.0. The van der Waals surface area contributed by atoms with Crippen LogP contribution in [0.4, 0.5) is 0 Å². The second-order valence-corrected chi connectivity index (χ2v) is 2.92. The van der Waals surface area contributed by atoms with Crippen LogP contribution in [0.5, 0.6) is 0 Å². The first-order chi connectivity index (χ1) is 4.84. The van der Waals surface area contributed by atoms with Gasteiger partial charge in [-0.3, -0.25) is 4.79 Å². The fourth-order valence-electron chi connectivity index (χ4n) is 1.03. The Balaban J connectivity index is 2.00. The third kappa shape index (κ3) is 2.34. The minimum absolute atomic E-state index is 0.449. The minimum atomic E-state index is 0.449. The molecule has 0 saturated heterocycles. The molecular formula is C9H14O. The lowest BCUT2D eigenvalue weighted by Crippen LogP contribution is -1.98. The van der Waals surface area contributed by atoms with Crippen LogP contribution in [0.15, 0.2) is 12.7 Å². The van der Waals surface area contributed by atoms with E-state index in [9.17, 15) is 4.79 Å². The summed E-state index contributed by atoms with van der Waals surface area (Å²) in [5.41, 5.74) is 0. The van der Waals surface area contributed by atoms with Crippen LogP contribution in [-0.4, -0.2) is 5.78 Å². The predicted octanol–water partition coefficient (Wildman–Crippen LogP) is 2.32. The Morgan fingerprint density at radius 3 is 2.80 bits per heavy atom. The standard InChI is InChI=1S/C9H14O/c1-2-3-4-5-9(10)8-6-7-8/h2,8H,1,3-7H2. The van der Waals surface area contributed by atoms with Gasteiger partial charge in [-0.05, 0) is 25.7 Å². The number of allylic oxidation sites excluding steroid dienone is 1. The Kier molecular flexibility index (Phi) is 2.67. The molecule has 0 N–H and O–H groups in total. The van der Waals surface area contributed by atoms with E-state index in [1.165, 1.54) is 0 Å². The van der Waals surface area contributed by atoms with Gasteiger partial charge in [0.05, 0.1) is 0 Å². The fraction of sp³-hybridized carbons (Fsp3) is 0.667. The summed E-state index contributed by atoms with van der Waals surface area (Å²) in [6, 6.07) is 0. The molecule has 1 saturated carbocycles. The van der Waals surface area contributed by atoms with Crippen molar-refractivity contribution in [3.05, 3.63) is 12.7 Å². The van der Waals surface area contributed by atoms with Crippen LogP contribution in [0.2, 0.25) is 0 Å². The smallest absolute Gasteiger partial charge is 0.135 e. The van der Waals surface area contributed by atoms with Crippen LogP contribution in [0.25, 0.3) is 0 Å². The average Bonchev–Trinajstić information content (AvgIpc) is 2.69. The van der Waals surface area contributed by atoms with E-state index in [0.29, 0.717) is 11.7 Å². The maximum absolute atomic E-state index is 11.0. The zero-order valence-electron chi connectivity index (χ0n) is 6.31. The molecule has 0 aliphatic heterocycles. The van der Waals surface area contributed by atoms with E-state index in [0.717, 1.165) is 32.1 Å². The molecule has 0 aromatic rings. The molecule has 0 bridgehead atoms. The van der Waals surface area contributed by atoms with E-state index in [4.69, 9.17) is 0 Å². The predicted molar refractivity (Wildman–Crippen MR) is 41.8 cm³/mol. The first-order valence-electron chi connectivity index (χ1n) is 3.98. The van der Waals surface area contributed by atoms with Gasteiger partial charge in [-0.1, -0.05) is 6.08 Å². The van der Waals surface area contributed by atoms with Crippen molar-refractivity contribution in [2.75, 3.05) is 0 Å². The number of hydrogen-bond donors (Lipinski definition) is 0. The quantitative estimate of drug-likeness (QED) is 0.421. The van der Waals surface area contributed by atoms with Crippen molar-refractivity contribution >= 4 is 5.78 Å². The minimum Gasteiger partial charge on any atom is -0.299 e. The normalized spacial score (nSPS) is 16.8. The lowest BCUT2D eigenvalue weighted by molar-refractivity contribution is -0.120. The van der Waals surface area contributed by atoms with Crippen molar-refractivity contribution in [3.63, 3.8) is 0 Å². The number of ketones is 1. The van der Waals surface area contributed by atoms with E-state index in [1.54, 1.807) is 0 Å². The maximum Gasteiger partial charge on any atom is 0.135 e. The van der Waals surface area contributed by atoms with Gasteiger partial charge in [0, 0.05) is 12.3 Å². The van der Waals surface area contributed by atoms with Crippen molar-refractivity contribution in [2.45, 2.75) is 32.1 Å². The first kappa shape index (κ1) is 7.52. The molecule has 10 heavy (non-hydrogen) atoms. The number of hydrogen-bond acceptors (Lipinski definition) is 1. The highest BCUT2D eigenvalue weighted by Crippen LogP contribution is 2.31. The van der Waals surface area contributed by atoms with Gasteiger partial charge in [0.25, 0.3) is 0 Å². The number of Topliss-reactive ketones (excluding diaryl/α,β-unsaturated/α-hetero) is 1. The molecule has 0 heterocycles. The van der Waals surface area contributed by atoms with Gasteiger partial charge in [0.15, 0.2) is 0 Å². The van der Waals surface area contributed by atoms with Gasteiger partial charge in [-0.2, -0.15) is 0 Å². The molecule has 1 fully saturated rings. The molecule has 1 aliphatic carbocycles. The van der Waals surface area contributed by atoms with Crippen molar-refractivity contribution in [2.24, 2.45) is 5.92 Å². The molecule has 1 heteroatoms. The Hall–Kier alpha value is -0.590. The lowest BCUT2D eigenvalue weighted by Gasteiger charge is -1.93. The molecule has 0 amide bonds. The van der Waals surface area contributed by atoms with Crippen molar-refractivity contribution in [3.8, 4) is 0 Å². The zero-order valence-corrected chi connectivity index (χ0v) is 6.31. The Morgan fingerprint density at radius 2 is 2.30 bits per heavy atom. The zero-order chi connectivity index (χ0) is 7.40. The van der Waals surface area contributed by atoms with E-state index >= 15 is 0 Å². The van der Waals surface area contributed by atoms with Crippen molar-refractivity contribution in [1.29, 1.82) is 0 Å². The molecule has 1 aliphatic rings. The van der Waals surface area contributed by atoms with E-state index in [2.05, 4.69) is 6.58 Å². The molecule has 1 nitrogen and oxygen atoms in total. The third-order valence-corrected chi connectivity index (χ3v) is 1.86. The van der Waals surface area contributed by atoms with Gasteiger partial charge in [0.2, 0.25) is 0 Å². The van der Waals surface area contributed by atoms with Crippen LogP contribution in [-0.2, 0) is 4.79 Å². The summed E-state index contributed by atoms with van der Waals surface area (Å²) in [6.45, 7) is 3.61. The average molecular weight is 138 g/mol. The topological polar surface area (TPSA) is 17.1 Å². The number of carbonyl (C=O) groups is 1. The second kappa shape index (κ2) is 3.55. The highest BCUT2D eigenvalue weighted by atomic mass is 16.1. The monoisotopic (exact) mass is 138 g/mol. The summed E-state index contributed by atoms with van der Waals surface area (Å²) in [7, 11) is 0. The van der Waals surface area contributed by atoms with Gasteiger partial charge >= 0.3 is 0 Å². The molecule has 56 valence electrons. The summed E-state index contributed by atoms with van der Waals surface area (Å²) in [5, 5.41) is 0. The number of unbranched alkanes of at least 4 members (excludes halogenated alkanes) is 1. The SMILES string of the molecule is C=CCCCC(=O)C1CC1. The van der Waals surface area contributed by atoms with E-state index in [-0.39, 0.29) is 0 Å². The number of carbonyl (C=O) groups excluding carboxylic acids is 1. The highest BCUT2D eigenvalue weighted by Gasteiger charge is 2.28. The van der Waals surface area contributed by atoms with Gasteiger partial charge in [0.1, 0.15) is 5.78 Å². The van der Waals surface area contributed by atoms with E-state index in [1.807, 2.05) is 6.08 Å². The molecular weight excluding hydrogens is 124 g/mol. The fourth-order valence-corrected chi connectivity index (χ4v) is 1.03. The second-order valence-electron chi connectivity index (χ2n) is 2.92. The van der Waals surface area contributed by atoms with E-state index < -0.39 is 0 Å². The molecule has 0 atom stereocenters. The summed E-state index contributed by atoms with van der Waals surface area (Å²) in [5.74, 6) is 0.923. The lowest BCUT2D eigenvalue weighted by atomic mass is 10.1. The third-order valence-electron chi connectivity index (χ3n) is 1.86. The van der Waals surface area contributed by atoms with Crippen LogP contribution in [0.3, 0.4) is 0 Å². The Morgan fingerprint density at radius 1 is 1.60 bits per heavy atom. The molecule has 0 unspecified atom stereocenters. The number of rotatable bonds is 5. The molecule has 1 rings (SSSR count). The van der Waals surface area contributed by atoms with Crippen LogP contribution in [0, 0.1) is 5.92 Å². The van der Waals surface area contributed by atoms with Gasteiger partial charge < -0.3 is 0 Å². The van der Waals surface area contributed by atoms with Gasteiger partial charge in [-0.15, -0.1) is 6.58 Å². The largest absolute Gasteiger partial charge is 0.299 e. The Bertz CT molecular complexity index is 134. The Labute approximate surface area is 62.1 Å². The van der Waals surface area contributed by atoms with Crippen molar-refractivity contribution in [1.82, 2.24) is 0 Å². The molecule has 0 aromatic carbocycles. The van der Waals surface area contributed by atoms with Crippen LogP contribution >= 0.6 is 0 Å². The molecule has 0 aromatic heterocycles. The van der Waals surface area contributed by atoms with Gasteiger partial charge in [-0.25, -0.2) is 0 Å². The van der Waals surface area contributed by atoms with Crippen LogP contribution < -0.4 is 0 Å². The first-order valence-corrected chi connectivity index (χ1v) is 3.98. The summed E-state index contributed by atoms with van der Waals surface area (Å²) >= 11 is 0. The summed E-state index contributed by atoms with van der Waals surface area (Å²) in [6.07, 6.45) is 6.92. The molecule has 0 spiro atoms. The highest BCUT2D eigenvalue weighted by molar-refractivity contribution is 5.83. The van der Waals surface area contributed by atoms with Crippen molar-refractivity contribution < 1.29 is 4.79 Å². The summed E-state index contributed by atoms with van der Waals surface area (Å²) < 4.78 is 0. The van der Waals surface area contributed by atoms with Crippen LogP contribution in [0.1, 0.15) is 32.1 Å².